The molecule has 1 aliphatic rings. The van der Waals surface area contributed by atoms with Crippen LogP contribution in [0.2, 0.25) is 0 Å². The Kier molecular flexibility index (Phi) is 18.5. The van der Waals surface area contributed by atoms with E-state index in [1.54, 1.807) is 0 Å². The Bertz CT molecular complexity index is 310. The second kappa shape index (κ2) is 19.3. The molecule has 1 fully saturated rings. The number of aliphatic carboxylic acids is 1. The van der Waals surface area contributed by atoms with Crippen LogP contribution in [-0.4, -0.2) is 23.5 Å². The standard InChI is InChI=1S/C16H32O2.C5H9NO/c1-2-3-4-5-6-7-8-9-10-11-12-13-14-15-16(17)18;7-5-3-1-2-4-6-5/h2-15H2,1H3,(H,17,18);1-4H2,(H,6,7). The van der Waals surface area contributed by atoms with E-state index in [0.717, 1.165) is 38.6 Å². The molecule has 1 heterocycles. The number of amides is 1. The highest BCUT2D eigenvalue weighted by Crippen LogP contribution is 2.12. The van der Waals surface area contributed by atoms with Gasteiger partial charge >= 0.3 is 5.97 Å². The molecule has 0 aromatic heterocycles. The summed E-state index contributed by atoms with van der Waals surface area (Å²) in [5.41, 5.74) is 0. The van der Waals surface area contributed by atoms with Crippen LogP contribution in [0.4, 0.5) is 0 Å². The van der Waals surface area contributed by atoms with Gasteiger partial charge < -0.3 is 10.4 Å². The molecule has 148 valence electrons. The van der Waals surface area contributed by atoms with Crippen molar-refractivity contribution in [3.8, 4) is 0 Å². The molecule has 0 aromatic rings. The number of unbranched alkanes of at least 4 members (excludes halogenated alkanes) is 12. The number of carbonyl (C=O) groups is 2. The van der Waals surface area contributed by atoms with Gasteiger partial charge in [-0.25, -0.2) is 0 Å². The van der Waals surface area contributed by atoms with Gasteiger partial charge in [0.25, 0.3) is 0 Å². The molecule has 0 unspecified atom stereocenters. The van der Waals surface area contributed by atoms with Crippen LogP contribution in [0.25, 0.3) is 0 Å². The molecule has 2 N–H and O–H groups in total. The van der Waals surface area contributed by atoms with Gasteiger partial charge in [0.05, 0.1) is 0 Å². The predicted molar refractivity (Wildman–Crippen MR) is 105 cm³/mol. The van der Waals surface area contributed by atoms with Crippen molar-refractivity contribution in [2.45, 2.75) is 116 Å². The molecular formula is C21H41NO3. The Hall–Kier alpha value is -1.06. The van der Waals surface area contributed by atoms with E-state index in [1.807, 2.05) is 0 Å². The number of carbonyl (C=O) groups excluding carboxylic acids is 1. The summed E-state index contributed by atoms with van der Waals surface area (Å²) in [4.78, 5) is 20.7. The second-order valence-corrected chi connectivity index (χ2v) is 7.19. The molecule has 0 aliphatic carbocycles. The van der Waals surface area contributed by atoms with Crippen molar-refractivity contribution >= 4 is 11.9 Å². The zero-order chi connectivity index (χ0) is 18.6. The highest BCUT2D eigenvalue weighted by Gasteiger charge is 2.04. The van der Waals surface area contributed by atoms with Gasteiger partial charge in [-0.1, -0.05) is 84.0 Å². The maximum atomic E-state index is 10.4. The monoisotopic (exact) mass is 355 g/mol. The van der Waals surface area contributed by atoms with E-state index in [9.17, 15) is 9.59 Å². The second-order valence-electron chi connectivity index (χ2n) is 7.19. The van der Waals surface area contributed by atoms with Crippen LogP contribution in [0.1, 0.15) is 116 Å². The van der Waals surface area contributed by atoms with Gasteiger partial charge in [-0.3, -0.25) is 9.59 Å². The molecule has 0 saturated carbocycles. The van der Waals surface area contributed by atoms with Crippen molar-refractivity contribution in [3.63, 3.8) is 0 Å². The van der Waals surface area contributed by atoms with Gasteiger partial charge in [-0.15, -0.1) is 0 Å². The molecule has 4 heteroatoms. The Morgan fingerprint density at radius 2 is 1.32 bits per heavy atom. The van der Waals surface area contributed by atoms with E-state index < -0.39 is 5.97 Å². The molecule has 0 bridgehead atoms. The Morgan fingerprint density at radius 3 is 1.64 bits per heavy atom. The minimum atomic E-state index is -0.655. The van der Waals surface area contributed by atoms with Crippen molar-refractivity contribution in [2.24, 2.45) is 0 Å². The molecular weight excluding hydrogens is 314 g/mol. The summed E-state index contributed by atoms with van der Waals surface area (Å²) >= 11 is 0. The molecule has 0 aromatic carbocycles. The van der Waals surface area contributed by atoms with Crippen LogP contribution >= 0.6 is 0 Å². The SMILES string of the molecule is CCCCCCCCCCCCCCCC(=O)O.O=C1CCCCN1. The van der Waals surface area contributed by atoms with Crippen LogP contribution < -0.4 is 5.32 Å². The average Bonchev–Trinajstić information content (AvgIpc) is 2.60. The summed E-state index contributed by atoms with van der Waals surface area (Å²) in [5.74, 6) is -0.440. The third kappa shape index (κ3) is 20.9. The van der Waals surface area contributed by atoms with Crippen molar-refractivity contribution in [1.29, 1.82) is 0 Å². The van der Waals surface area contributed by atoms with Crippen molar-refractivity contribution in [3.05, 3.63) is 0 Å². The summed E-state index contributed by atoms with van der Waals surface area (Å²) in [6, 6.07) is 0. The largest absolute Gasteiger partial charge is 0.481 e. The van der Waals surface area contributed by atoms with E-state index in [0.29, 0.717) is 6.42 Å². The fourth-order valence-corrected chi connectivity index (χ4v) is 3.02. The zero-order valence-electron chi connectivity index (χ0n) is 16.5. The maximum Gasteiger partial charge on any atom is 0.303 e. The Labute approximate surface area is 155 Å². The average molecular weight is 356 g/mol. The number of carboxylic acids is 1. The first-order valence-electron chi connectivity index (χ1n) is 10.6. The van der Waals surface area contributed by atoms with Gasteiger partial charge in [0, 0.05) is 19.4 Å². The van der Waals surface area contributed by atoms with Gasteiger partial charge in [-0.05, 0) is 19.3 Å². The van der Waals surface area contributed by atoms with Gasteiger partial charge in [-0.2, -0.15) is 0 Å². The van der Waals surface area contributed by atoms with Crippen LogP contribution in [0.5, 0.6) is 0 Å². The summed E-state index contributed by atoms with van der Waals surface area (Å²) < 4.78 is 0. The van der Waals surface area contributed by atoms with Gasteiger partial charge in [0.2, 0.25) is 5.91 Å². The molecule has 25 heavy (non-hydrogen) atoms. The maximum absolute atomic E-state index is 10.4. The lowest BCUT2D eigenvalue weighted by molar-refractivity contribution is -0.137. The number of nitrogens with one attached hydrogen (secondary N) is 1. The van der Waals surface area contributed by atoms with E-state index in [2.05, 4.69) is 12.2 Å². The van der Waals surface area contributed by atoms with E-state index in [4.69, 9.17) is 5.11 Å². The lowest BCUT2D eigenvalue weighted by Gasteiger charge is -2.08. The van der Waals surface area contributed by atoms with Crippen molar-refractivity contribution < 1.29 is 14.7 Å². The third-order valence-electron chi connectivity index (χ3n) is 4.65. The predicted octanol–water partition coefficient (Wildman–Crippen LogP) is 5.84. The lowest BCUT2D eigenvalue weighted by atomic mass is 10.0. The molecule has 4 nitrogen and oxygen atoms in total. The molecule has 0 radical (unpaired) electrons. The van der Waals surface area contributed by atoms with E-state index in [-0.39, 0.29) is 5.91 Å². The summed E-state index contributed by atoms with van der Waals surface area (Å²) in [6.07, 6.45) is 20.2. The number of hydrogen-bond donors (Lipinski definition) is 2. The van der Waals surface area contributed by atoms with Crippen LogP contribution in [-0.2, 0) is 9.59 Å². The quantitative estimate of drug-likeness (QED) is 0.385. The Balaban J connectivity index is 0.000000676. The summed E-state index contributed by atoms with van der Waals surface area (Å²) in [5, 5.41) is 11.2. The fraction of sp³-hybridized carbons (Fsp3) is 0.905. The minimum Gasteiger partial charge on any atom is -0.481 e. The zero-order valence-corrected chi connectivity index (χ0v) is 16.5. The Morgan fingerprint density at radius 1 is 0.840 bits per heavy atom. The highest BCUT2D eigenvalue weighted by molar-refractivity contribution is 5.76. The number of rotatable bonds is 14. The van der Waals surface area contributed by atoms with Gasteiger partial charge in [0.15, 0.2) is 0 Å². The molecule has 0 spiro atoms. The number of hydrogen-bond acceptors (Lipinski definition) is 2. The highest BCUT2D eigenvalue weighted by atomic mass is 16.4. The van der Waals surface area contributed by atoms with E-state index >= 15 is 0 Å². The normalized spacial score (nSPS) is 13.7. The first-order valence-corrected chi connectivity index (χ1v) is 10.6. The first kappa shape index (κ1) is 23.9. The van der Waals surface area contributed by atoms with Crippen molar-refractivity contribution in [2.75, 3.05) is 6.54 Å². The number of carboxylic acid groups (broad SMARTS) is 1. The molecule has 1 saturated heterocycles. The van der Waals surface area contributed by atoms with Crippen molar-refractivity contribution in [1.82, 2.24) is 5.32 Å². The fourth-order valence-electron chi connectivity index (χ4n) is 3.02. The molecule has 1 amide bonds. The third-order valence-corrected chi connectivity index (χ3v) is 4.65. The molecule has 1 aliphatic heterocycles. The van der Waals surface area contributed by atoms with Gasteiger partial charge in [0.1, 0.15) is 0 Å². The van der Waals surface area contributed by atoms with Crippen LogP contribution in [0.15, 0.2) is 0 Å². The van der Waals surface area contributed by atoms with E-state index in [1.165, 1.54) is 70.6 Å². The lowest BCUT2D eigenvalue weighted by Crippen LogP contribution is -2.28. The van der Waals surface area contributed by atoms with Crippen LogP contribution in [0.3, 0.4) is 0 Å². The molecule has 0 atom stereocenters. The topological polar surface area (TPSA) is 66.4 Å². The minimum absolute atomic E-state index is 0.214. The smallest absolute Gasteiger partial charge is 0.303 e. The first-order chi connectivity index (χ1) is 12.2. The number of piperidine rings is 1. The molecule has 1 rings (SSSR count). The van der Waals surface area contributed by atoms with Crippen LogP contribution in [0, 0.1) is 0 Å². The summed E-state index contributed by atoms with van der Waals surface area (Å²) in [7, 11) is 0. The summed E-state index contributed by atoms with van der Waals surface area (Å²) in [6.45, 7) is 3.15.